The number of nitrogens with zero attached hydrogens (tertiary/aromatic N) is 4. The summed E-state index contributed by atoms with van der Waals surface area (Å²) in [5.74, 6) is -0.609. The van der Waals surface area contributed by atoms with Crippen molar-refractivity contribution in [2.24, 2.45) is 11.8 Å². The Morgan fingerprint density at radius 3 is 2.30 bits per heavy atom. The summed E-state index contributed by atoms with van der Waals surface area (Å²) in [6, 6.07) is 10.5. The van der Waals surface area contributed by atoms with Crippen LogP contribution in [0.2, 0.25) is 25.2 Å². The first-order chi connectivity index (χ1) is 22.4. The van der Waals surface area contributed by atoms with E-state index in [-0.39, 0.29) is 55.8 Å². The number of Topliss-reactive ketones (excluding diaryl/α,β-unsaturated/α-hetero) is 3. The standard InChI is InChI=1S/C34H41N4O7PSi/c1-6-44-46(42,45-7-2)22-43-34-14-31-27(13-26(34)24-15-35-21-36-16-24)28(23(3)39)17-38(31)18-33(41)30-20-47(4,5)19-29(30)32(40)12-25-10-8-9-11-37-25/h8-11,13-17,21,29-30H,6-7,12,18-20,22H2,1-5H3/t29-,30?/m1/s1. The molecule has 248 valence electrons. The predicted octanol–water partition coefficient (Wildman–Crippen LogP) is 6.63. The van der Waals surface area contributed by atoms with E-state index >= 15 is 0 Å². The number of benzene rings is 1. The number of hydrogen-bond acceptors (Lipinski definition) is 10. The fourth-order valence-corrected chi connectivity index (χ4v) is 11.4. The lowest BCUT2D eigenvalue weighted by atomic mass is 9.86. The number of carbonyl (C=O) groups excluding carboxylic acids is 3. The number of ether oxygens (including phenoxy) is 1. The average Bonchev–Trinajstić information content (AvgIpc) is 3.57. The Morgan fingerprint density at radius 2 is 1.68 bits per heavy atom. The fourth-order valence-electron chi connectivity index (χ4n) is 6.50. The molecule has 1 fully saturated rings. The molecular weight excluding hydrogens is 635 g/mol. The number of pyridine rings is 1. The van der Waals surface area contributed by atoms with Gasteiger partial charge in [-0.25, -0.2) is 9.97 Å². The van der Waals surface area contributed by atoms with Crippen LogP contribution in [0.15, 0.2) is 61.4 Å². The van der Waals surface area contributed by atoms with Gasteiger partial charge in [0, 0.05) is 85.0 Å². The minimum Gasteiger partial charge on any atom is -0.480 e. The Labute approximate surface area is 275 Å². The van der Waals surface area contributed by atoms with Crippen molar-refractivity contribution in [3.63, 3.8) is 0 Å². The van der Waals surface area contributed by atoms with Crippen molar-refractivity contribution in [3.8, 4) is 16.9 Å². The first-order valence-corrected chi connectivity index (χ1v) is 21.0. The molecule has 0 N–H and O–H groups in total. The van der Waals surface area contributed by atoms with E-state index < -0.39 is 21.6 Å². The van der Waals surface area contributed by atoms with Crippen molar-refractivity contribution in [2.75, 3.05) is 19.6 Å². The Balaban J connectivity index is 1.52. The van der Waals surface area contributed by atoms with Gasteiger partial charge in [0.2, 0.25) is 0 Å². The largest absolute Gasteiger partial charge is 0.480 e. The van der Waals surface area contributed by atoms with Gasteiger partial charge in [-0.3, -0.25) is 23.9 Å². The molecule has 0 saturated carbocycles. The summed E-state index contributed by atoms with van der Waals surface area (Å²) in [4.78, 5) is 53.1. The highest BCUT2D eigenvalue weighted by Gasteiger charge is 2.46. The van der Waals surface area contributed by atoms with E-state index in [1.165, 1.54) is 13.3 Å². The molecule has 47 heavy (non-hydrogen) atoms. The maximum atomic E-state index is 14.1. The van der Waals surface area contributed by atoms with Crippen LogP contribution >= 0.6 is 7.60 Å². The molecule has 1 aliphatic rings. The maximum Gasteiger partial charge on any atom is 0.367 e. The van der Waals surface area contributed by atoms with Gasteiger partial charge < -0.3 is 18.4 Å². The lowest BCUT2D eigenvalue weighted by molar-refractivity contribution is -0.130. The molecule has 2 atom stereocenters. The van der Waals surface area contributed by atoms with Gasteiger partial charge in [-0.2, -0.15) is 0 Å². The predicted molar refractivity (Wildman–Crippen MR) is 181 cm³/mol. The smallest absolute Gasteiger partial charge is 0.367 e. The Bertz CT molecular complexity index is 1800. The molecule has 4 aromatic rings. The summed E-state index contributed by atoms with van der Waals surface area (Å²) in [6.07, 6.45) is 7.85. The third-order valence-corrected chi connectivity index (χ3v) is 13.4. The number of aromatic nitrogens is 4. The molecule has 1 aromatic carbocycles. The number of rotatable bonds is 15. The summed E-state index contributed by atoms with van der Waals surface area (Å²) in [5, 5.41) is 0.623. The van der Waals surface area contributed by atoms with Crippen LogP contribution in [-0.2, 0) is 36.2 Å². The van der Waals surface area contributed by atoms with Crippen LogP contribution in [0.4, 0.5) is 0 Å². The monoisotopic (exact) mass is 676 g/mol. The second kappa shape index (κ2) is 14.5. The minimum absolute atomic E-state index is 0.0179. The highest BCUT2D eigenvalue weighted by atomic mass is 31.2. The lowest BCUT2D eigenvalue weighted by Crippen LogP contribution is -2.28. The number of carbonyl (C=O) groups is 3. The summed E-state index contributed by atoms with van der Waals surface area (Å²) < 4.78 is 32.1. The topological polar surface area (TPSA) is 140 Å². The maximum absolute atomic E-state index is 14.1. The van der Waals surface area contributed by atoms with Crippen LogP contribution in [0.3, 0.4) is 0 Å². The molecule has 5 rings (SSSR count). The zero-order valence-corrected chi connectivity index (χ0v) is 29.4. The average molecular weight is 677 g/mol. The summed E-state index contributed by atoms with van der Waals surface area (Å²) in [5.41, 5.74) is 2.93. The molecule has 11 nitrogen and oxygen atoms in total. The SMILES string of the molecule is CCOP(=O)(COc1cc2c(cc1-c1cncnc1)c(C(C)=O)cn2CC(=O)C1C[Si](C)(C)C[C@H]1C(=O)Cc1ccccn1)OCC. The summed E-state index contributed by atoms with van der Waals surface area (Å²) in [7, 11) is -5.37. The molecule has 1 unspecified atom stereocenters. The van der Waals surface area contributed by atoms with Crippen LogP contribution in [0.25, 0.3) is 22.0 Å². The third kappa shape index (κ3) is 8.01. The van der Waals surface area contributed by atoms with Gasteiger partial charge in [0.1, 0.15) is 17.9 Å². The van der Waals surface area contributed by atoms with E-state index in [0.29, 0.717) is 39.0 Å². The fraction of sp³-hybridized carbons (Fsp3) is 0.412. The van der Waals surface area contributed by atoms with Crippen molar-refractivity contribution in [2.45, 2.75) is 58.9 Å². The van der Waals surface area contributed by atoms with Gasteiger partial charge in [0.15, 0.2) is 17.9 Å². The minimum atomic E-state index is -3.57. The van der Waals surface area contributed by atoms with Crippen molar-refractivity contribution >= 4 is 43.9 Å². The Hall–Kier alpha value is -3.83. The van der Waals surface area contributed by atoms with Crippen LogP contribution in [0.5, 0.6) is 5.75 Å². The third-order valence-electron chi connectivity index (χ3n) is 8.53. The van der Waals surface area contributed by atoms with E-state index in [9.17, 15) is 18.9 Å². The number of hydrogen-bond donors (Lipinski definition) is 0. The number of fused-ring (bicyclic) bond motifs is 1. The molecule has 0 spiro atoms. The molecule has 0 amide bonds. The van der Waals surface area contributed by atoms with Gasteiger partial charge in [-0.05, 0) is 51.1 Å². The van der Waals surface area contributed by atoms with E-state index in [4.69, 9.17) is 13.8 Å². The van der Waals surface area contributed by atoms with Gasteiger partial charge in [0.05, 0.1) is 25.3 Å². The molecule has 4 heterocycles. The number of ketones is 3. The molecule has 3 aromatic heterocycles. The van der Waals surface area contributed by atoms with Gasteiger partial charge in [-0.1, -0.05) is 19.2 Å². The Kier molecular flexibility index (Phi) is 10.7. The van der Waals surface area contributed by atoms with Crippen molar-refractivity contribution in [1.29, 1.82) is 0 Å². The van der Waals surface area contributed by atoms with Crippen molar-refractivity contribution < 1.29 is 32.7 Å². The Morgan fingerprint density at radius 1 is 1.00 bits per heavy atom. The van der Waals surface area contributed by atoms with Gasteiger partial charge in [-0.15, -0.1) is 0 Å². The second-order valence-electron chi connectivity index (χ2n) is 12.7. The highest BCUT2D eigenvalue weighted by Crippen LogP contribution is 2.49. The van der Waals surface area contributed by atoms with Gasteiger partial charge >= 0.3 is 7.60 Å². The zero-order valence-electron chi connectivity index (χ0n) is 27.5. The van der Waals surface area contributed by atoms with Crippen LogP contribution in [0.1, 0.15) is 36.8 Å². The zero-order chi connectivity index (χ0) is 33.8. The second-order valence-corrected chi connectivity index (χ2v) is 19.8. The van der Waals surface area contributed by atoms with Crippen LogP contribution < -0.4 is 4.74 Å². The normalized spacial score (nSPS) is 17.6. The van der Waals surface area contributed by atoms with E-state index in [1.54, 1.807) is 55.3 Å². The van der Waals surface area contributed by atoms with E-state index in [1.807, 2.05) is 18.2 Å². The van der Waals surface area contributed by atoms with Gasteiger partial charge in [0.25, 0.3) is 0 Å². The lowest BCUT2D eigenvalue weighted by Gasteiger charge is -2.20. The summed E-state index contributed by atoms with van der Waals surface area (Å²) >= 11 is 0. The summed E-state index contributed by atoms with van der Waals surface area (Å²) in [6.45, 7) is 9.72. The molecule has 0 aliphatic carbocycles. The molecule has 1 aliphatic heterocycles. The van der Waals surface area contributed by atoms with Crippen LogP contribution in [0, 0.1) is 11.8 Å². The highest BCUT2D eigenvalue weighted by molar-refractivity contribution is 7.53. The molecule has 1 saturated heterocycles. The van der Waals surface area contributed by atoms with Crippen molar-refractivity contribution in [1.82, 2.24) is 19.5 Å². The molecule has 0 radical (unpaired) electrons. The van der Waals surface area contributed by atoms with Crippen LogP contribution in [-0.4, -0.2) is 64.5 Å². The first-order valence-electron chi connectivity index (χ1n) is 15.8. The van der Waals surface area contributed by atoms with E-state index in [2.05, 4.69) is 28.0 Å². The first kappa shape index (κ1) is 34.5. The quantitative estimate of drug-likeness (QED) is 0.0765. The molecule has 13 heteroatoms. The molecule has 0 bridgehead atoms. The van der Waals surface area contributed by atoms with Crippen molar-refractivity contribution in [3.05, 3.63) is 72.7 Å². The van der Waals surface area contributed by atoms with E-state index in [0.717, 1.165) is 12.1 Å². The molecular formula is C34H41N4O7PSi.